The Morgan fingerprint density at radius 3 is 2.65 bits per heavy atom. The van der Waals surface area contributed by atoms with Crippen LogP contribution < -0.4 is 10.5 Å². The average molecular weight is 389 g/mol. The first-order valence-corrected chi connectivity index (χ1v) is 8.62. The minimum absolute atomic E-state index is 0.00847. The Hall–Kier alpha value is -2.60. The number of benzene rings is 1. The summed E-state index contributed by atoms with van der Waals surface area (Å²) in [6.07, 6.45) is 6.85. The predicted molar refractivity (Wildman–Crippen MR) is 97.3 cm³/mol. The van der Waals surface area contributed by atoms with E-state index in [1.165, 1.54) is 0 Å². The quantitative estimate of drug-likeness (QED) is 0.795. The molecule has 5 nitrogen and oxygen atoms in total. The second-order valence-electron chi connectivity index (χ2n) is 5.84. The van der Waals surface area contributed by atoms with Gasteiger partial charge in [0.1, 0.15) is 24.0 Å². The first-order chi connectivity index (χ1) is 12.5. The van der Waals surface area contributed by atoms with Crippen molar-refractivity contribution in [1.82, 2.24) is 0 Å². The largest absolute Gasteiger partial charge is 0.478 e. The number of nitriles is 1. The first kappa shape index (κ1) is 18.2. The van der Waals surface area contributed by atoms with E-state index in [2.05, 4.69) is 5.92 Å². The third-order valence-corrected chi connectivity index (χ3v) is 4.82. The molecule has 0 unspecified atom stereocenters. The Kier molecular flexibility index (Phi) is 5.13. The molecule has 1 aliphatic carbocycles. The molecule has 2 aliphatic rings. The van der Waals surface area contributed by atoms with Crippen LogP contribution in [0.25, 0.3) is 0 Å². The number of Topliss-reactive ketones (excluding diaryl/α,β-unsaturated/α-hetero) is 1. The normalized spacial score (nSPS) is 19.4. The molecule has 0 radical (unpaired) electrons. The highest BCUT2D eigenvalue weighted by atomic mass is 35.5. The van der Waals surface area contributed by atoms with Crippen LogP contribution in [0.2, 0.25) is 10.0 Å². The van der Waals surface area contributed by atoms with E-state index in [9.17, 15) is 10.1 Å². The number of rotatable bonds is 3. The van der Waals surface area contributed by atoms with Gasteiger partial charge in [0.15, 0.2) is 11.5 Å². The van der Waals surface area contributed by atoms with Crippen LogP contribution in [-0.4, -0.2) is 12.4 Å². The van der Waals surface area contributed by atoms with Gasteiger partial charge in [-0.05, 0) is 24.1 Å². The number of ketones is 1. The van der Waals surface area contributed by atoms with Crippen molar-refractivity contribution in [2.75, 3.05) is 6.61 Å². The topological polar surface area (TPSA) is 85.3 Å². The smallest absolute Gasteiger partial charge is 0.205 e. The monoisotopic (exact) mass is 388 g/mol. The van der Waals surface area contributed by atoms with Crippen LogP contribution in [0, 0.1) is 23.7 Å². The molecule has 7 heteroatoms. The van der Waals surface area contributed by atoms with Crippen molar-refractivity contribution in [2.24, 2.45) is 5.73 Å². The van der Waals surface area contributed by atoms with Crippen LogP contribution in [0.4, 0.5) is 0 Å². The summed E-state index contributed by atoms with van der Waals surface area (Å²) in [6, 6.07) is 5.25. The lowest BCUT2D eigenvalue weighted by molar-refractivity contribution is -0.116. The van der Waals surface area contributed by atoms with E-state index in [1.807, 2.05) is 6.07 Å². The third kappa shape index (κ3) is 3.12. The van der Waals surface area contributed by atoms with Crippen molar-refractivity contribution in [1.29, 1.82) is 5.26 Å². The molecule has 0 bridgehead atoms. The van der Waals surface area contributed by atoms with Crippen LogP contribution in [0.3, 0.4) is 0 Å². The molecular weight excluding hydrogens is 375 g/mol. The van der Waals surface area contributed by atoms with Crippen molar-refractivity contribution in [3.8, 4) is 24.2 Å². The van der Waals surface area contributed by atoms with E-state index in [-0.39, 0.29) is 39.6 Å². The fourth-order valence-electron chi connectivity index (χ4n) is 3.19. The number of carbonyl (C=O) groups excluding carboxylic acids is 1. The summed E-state index contributed by atoms with van der Waals surface area (Å²) in [5.74, 6) is 2.34. The average Bonchev–Trinajstić information content (AvgIpc) is 2.60. The van der Waals surface area contributed by atoms with Crippen molar-refractivity contribution < 1.29 is 14.3 Å². The van der Waals surface area contributed by atoms with Crippen molar-refractivity contribution >= 4 is 29.0 Å². The van der Waals surface area contributed by atoms with Crippen LogP contribution in [0.1, 0.15) is 30.7 Å². The van der Waals surface area contributed by atoms with Gasteiger partial charge < -0.3 is 15.2 Å². The second kappa shape index (κ2) is 7.33. The molecule has 2 N–H and O–H groups in total. The molecule has 1 aromatic carbocycles. The summed E-state index contributed by atoms with van der Waals surface area (Å²) in [7, 11) is 0. The first-order valence-electron chi connectivity index (χ1n) is 7.87. The molecule has 0 saturated heterocycles. The number of carbonyl (C=O) groups is 1. The molecule has 1 heterocycles. The van der Waals surface area contributed by atoms with Crippen LogP contribution in [0.5, 0.6) is 5.75 Å². The fraction of sp³-hybridized carbons (Fsp3) is 0.263. The van der Waals surface area contributed by atoms with Crippen LogP contribution in [-0.2, 0) is 9.53 Å². The molecule has 0 fully saturated rings. The van der Waals surface area contributed by atoms with E-state index in [1.54, 1.807) is 12.1 Å². The molecule has 1 aliphatic heterocycles. The van der Waals surface area contributed by atoms with Crippen molar-refractivity contribution in [3.05, 3.63) is 50.5 Å². The van der Waals surface area contributed by atoms with Crippen LogP contribution in [0.15, 0.2) is 34.9 Å². The highest BCUT2D eigenvalue weighted by Gasteiger charge is 2.38. The van der Waals surface area contributed by atoms with E-state index < -0.39 is 5.92 Å². The van der Waals surface area contributed by atoms with Gasteiger partial charge in [0.25, 0.3) is 0 Å². The molecule has 1 aromatic rings. The number of halogens is 2. The molecule has 0 amide bonds. The SMILES string of the molecule is C#CCOc1c(Cl)cc([C@H]2C(C#N)=C(N)OC3=C2C(=O)CCC3)cc1Cl. The zero-order chi connectivity index (χ0) is 18.8. The standard InChI is InChI=1S/C19H14Cl2N2O3/c1-2-6-25-18-12(20)7-10(8-13(18)21)16-11(9-22)19(23)26-15-5-3-4-14(24)17(15)16/h1,7-8,16H,3-6,23H2/t16-/m0/s1. The van der Waals surface area contributed by atoms with E-state index in [0.29, 0.717) is 36.2 Å². The van der Waals surface area contributed by atoms with Gasteiger partial charge in [-0.3, -0.25) is 4.79 Å². The van der Waals surface area contributed by atoms with Crippen molar-refractivity contribution in [3.63, 3.8) is 0 Å². The van der Waals surface area contributed by atoms with Gasteiger partial charge in [0.2, 0.25) is 5.88 Å². The third-order valence-electron chi connectivity index (χ3n) is 4.26. The Morgan fingerprint density at radius 2 is 2.04 bits per heavy atom. The van der Waals surface area contributed by atoms with E-state index >= 15 is 0 Å². The number of ether oxygens (including phenoxy) is 2. The number of allylic oxidation sites excluding steroid dienone is 3. The molecule has 3 rings (SSSR count). The lowest BCUT2D eigenvalue weighted by Gasteiger charge is -2.31. The molecule has 0 spiro atoms. The van der Waals surface area contributed by atoms with Gasteiger partial charge in [0.05, 0.1) is 16.0 Å². The van der Waals surface area contributed by atoms with Gasteiger partial charge in [-0.2, -0.15) is 5.26 Å². The Morgan fingerprint density at radius 1 is 1.35 bits per heavy atom. The summed E-state index contributed by atoms with van der Waals surface area (Å²) >= 11 is 12.6. The predicted octanol–water partition coefficient (Wildman–Crippen LogP) is 3.82. The van der Waals surface area contributed by atoms with Gasteiger partial charge in [-0.25, -0.2) is 0 Å². The highest BCUT2D eigenvalue weighted by Crippen LogP contribution is 2.46. The minimum Gasteiger partial charge on any atom is -0.478 e. The van der Waals surface area contributed by atoms with Gasteiger partial charge in [-0.15, -0.1) is 6.42 Å². The minimum atomic E-state index is -0.673. The number of nitrogens with zero attached hydrogens (tertiary/aromatic N) is 1. The number of hydrogen-bond acceptors (Lipinski definition) is 5. The summed E-state index contributed by atoms with van der Waals surface area (Å²) in [5.41, 5.74) is 7.08. The van der Waals surface area contributed by atoms with E-state index in [4.69, 9.17) is 44.8 Å². The maximum Gasteiger partial charge on any atom is 0.205 e. The summed E-state index contributed by atoms with van der Waals surface area (Å²) in [6.45, 7) is 0.0140. The van der Waals surface area contributed by atoms with E-state index in [0.717, 1.165) is 0 Å². The maximum atomic E-state index is 12.5. The maximum absolute atomic E-state index is 12.5. The summed E-state index contributed by atoms with van der Waals surface area (Å²) in [4.78, 5) is 12.5. The molecule has 132 valence electrons. The highest BCUT2D eigenvalue weighted by molar-refractivity contribution is 6.37. The number of terminal acetylenes is 1. The Balaban J connectivity index is 2.14. The van der Waals surface area contributed by atoms with Gasteiger partial charge in [0, 0.05) is 18.4 Å². The van der Waals surface area contributed by atoms with Gasteiger partial charge >= 0.3 is 0 Å². The molecule has 0 saturated carbocycles. The molecule has 26 heavy (non-hydrogen) atoms. The summed E-state index contributed by atoms with van der Waals surface area (Å²) < 4.78 is 10.9. The second-order valence-corrected chi connectivity index (χ2v) is 6.66. The lowest BCUT2D eigenvalue weighted by atomic mass is 9.77. The van der Waals surface area contributed by atoms with Crippen molar-refractivity contribution in [2.45, 2.75) is 25.2 Å². The number of hydrogen-bond donors (Lipinski definition) is 1. The lowest BCUT2D eigenvalue weighted by Crippen LogP contribution is -2.27. The molecule has 0 aromatic heterocycles. The summed E-state index contributed by atoms with van der Waals surface area (Å²) in [5, 5.41) is 10.0. The molecule has 1 atom stereocenters. The Bertz CT molecular complexity index is 912. The Labute approximate surface area is 161 Å². The number of nitrogens with two attached hydrogens (primary N) is 1. The zero-order valence-electron chi connectivity index (χ0n) is 13.6. The van der Waals surface area contributed by atoms with Crippen LogP contribution >= 0.6 is 23.2 Å². The fourth-order valence-corrected chi connectivity index (χ4v) is 3.80. The van der Waals surface area contributed by atoms with Gasteiger partial charge in [-0.1, -0.05) is 29.1 Å². The molecular formula is C19H14Cl2N2O3. The zero-order valence-corrected chi connectivity index (χ0v) is 15.2.